The zero-order chi connectivity index (χ0) is 27.0. The van der Waals surface area contributed by atoms with Crippen LogP contribution in [0.4, 0.5) is 5.69 Å². The molecule has 2 fully saturated rings. The summed E-state index contributed by atoms with van der Waals surface area (Å²) in [4.78, 5) is 28.3. The number of nitrogens with zero attached hydrogens (tertiary/aromatic N) is 1. The van der Waals surface area contributed by atoms with Crippen LogP contribution in [0.1, 0.15) is 57.5 Å². The van der Waals surface area contributed by atoms with Gasteiger partial charge in [0.25, 0.3) is 0 Å². The molecular formula is C29H34BNO7. The van der Waals surface area contributed by atoms with Gasteiger partial charge in [-0.3, -0.25) is 14.5 Å². The maximum atomic E-state index is 13.6. The number of amides is 2. The van der Waals surface area contributed by atoms with E-state index in [1.165, 1.54) is 16.5 Å². The minimum Gasteiger partial charge on any atom is -0.459 e. The lowest BCUT2D eigenvalue weighted by atomic mass is 9.70. The van der Waals surface area contributed by atoms with E-state index in [1.807, 2.05) is 19.1 Å². The Bertz CT molecular complexity index is 1280. The molecule has 4 atom stereocenters. The number of hydrogen-bond acceptors (Lipinski definition) is 7. The van der Waals surface area contributed by atoms with Gasteiger partial charge in [0, 0.05) is 5.92 Å². The third-order valence-electron chi connectivity index (χ3n) is 8.06. The molecule has 2 amide bonds. The molecule has 3 N–H and O–H groups in total. The van der Waals surface area contributed by atoms with E-state index in [-0.39, 0.29) is 35.9 Å². The first-order chi connectivity index (χ1) is 18.3. The van der Waals surface area contributed by atoms with E-state index in [0.29, 0.717) is 24.5 Å². The van der Waals surface area contributed by atoms with E-state index >= 15 is 0 Å². The van der Waals surface area contributed by atoms with Crippen LogP contribution in [0.25, 0.3) is 6.08 Å². The standard InChI is InChI=1S/C29H34BNO7/c1-3-5-18(13-21-9-10-22(15-32)38-21)8-11-25-26-17(2)12-23-27(24(26)16-37-25)29(34)31(28(23)33)20-7-4-6-19(14-20)30(35)36/h4,6-7,9-10,13-14,23-25,27,32,35-36H,3,5,8,11-12,15-16H2,1-2H3/b18-13+/t23-,24+,25-,27-/m1/s1. The Morgan fingerprint density at radius 1 is 1.13 bits per heavy atom. The monoisotopic (exact) mass is 519 g/mol. The van der Waals surface area contributed by atoms with Gasteiger partial charge in [0.1, 0.15) is 18.1 Å². The van der Waals surface area contributed by atoms with Crippen molar-refractivity contribution in [3.8, 4) is 0 Å². The maximum Gasteiger partial charge on any atom is 0.488 e. The first-order valence-corrected chi connectivity index (χ1v) is 13.4. The molecule has 0 radical (unpaired) electrons. The van der Waals surface area contributed by atoms with Crippen LogP contribution in [0.2, 0.25) is 0 Å². The quantitative estimate of drug-likeness (QED) is 0.265. The molecule has 2 aliphatic heterocycles. The summed E-state index contributed by atoms with van der Waals surface area (Å²) in [6.45, 7) is 4.46. The van der Waals surface area contributed by atoms with Crippen LogP contribution in [0.15, 0.2) is 57.5 Å². The topological polar surface area (TPSA) is 120 Å². The number of imide groups is 1. The van der Waals surface area contributed by atoms with Gasteiger partial charge in [0.2, 0.25) is 11.8 Å². The lowest BCUT2D eigenvalue weighted by Crippen LogP contribution is -2.35. The molecule has 3 aliphatic rings. The number of rotatable bonds is 9. The summed E-state index contributed by atoms with van der Waals surface area (Å²) in [5, 5.41) is 28.4. The van der Waals surface area contributed by atoms with Crippen molar-refractivity contribution >= 4 is 36.2 Å². The summed E-state index contributed by atoms with van der Waals surface area (Å²) in [7, 11) is -1.68. The van der Waals surface area contributed by atoms with Crippen LogP contribution >= 0.6 is 0 Å². The van der Waals surface area contributed by atoms with Crippen LogP contribution in [0.5, 0.6) is 0 Å². The van der Waals surface area contributed by atoms with Gasteiger partial charge >= 0.3 is 7.12 Å². The fourth-order valence-electron chi connectivity index (χ4n) is 6.37. The number of carbonyl (C=O) groups excluding carboxylic acids is 2. The Balaban J connectivity index is 1.33. The number of carbonyl (C=O) groups is 2. The average Bonchev–Trinajstić information content (AvgIpc) is 3.60. The fourth-order valence-corrected chi connectivity index (χ4v) is 6.37. The number of benzene rings is 1. The number of aliphatic hydroxyl groups excluding tert-OH is 1. The van der Waals surface area contributed by atoms with Crippen molar-refractivity contribution in [2.75, 3.05) is 11.5 Å². The molecule has 0 unspecified atom stereocenters. The number of aliphatic hydroxyl groups is 1. The summed E-state index contributed by atoms with van der Waals surface area (Å²) < 4.78 is 11.9. The highest BCUT2D eigenvalue weighted by molar-refractivity contribution is 6.58. The first-order valence-electron chi connectivity index (χ1n) is 13.4. The fraction of sp³-hybridized carbons (Fsp3) is 0.448. The van der Waals surface area contributed by atoms with Gasteiger partial charge in [-0.2, -0.15) is 0 Å². The van der Waals surface area contributed by atoms with Gasteiger partial charge < -0.3 is 24.3 Å². The largest absolute Gasteiger partial charge is 0.488 e. The molecule has 5 rings (SSSR count). The molecule has 0 saturated carbocycles. The smallest absolute Gasteiger partial charge is 0.459 e. The Morgan fingerprint density at radius 3 is 2.66 bits per heavy atom. The summed E-state index contributed by atoms with van der Waals surface area (Å²) in [6, 6.07) is 9.94. The SMILES string of the molecule is CCC/C(=C\c1ccc(CO)o1)CC[C@H]1OC[C@H]2C1=C(C)C[C@H]1C(=O)N(c3cccc(B(O)O)c3)C(=O)[C@H]12. The molecule has 0 spiro atoms. The van der Waals surface area contributed by atoms with Gasteiger partial charge in [-0.05, 0) is 74.0 Å². The number of anilines is 1. The lowest BCUT2D eigenvalue weighted by molar-refractivity contribution is -0.122. The van der Waals surface area contributed by atoms with Gasteiger partial charge in [-0.15, -0.1) is 0 Å². The Kier molecular flexibility index (Phi) is 7.72. The van der Waals surface area contributed by atoms with Crippen LogP contribution in [-0.4, -0.2) is 46.8 Å². The zero-order valence-corrected chi connectivity index (χ0v) is 21.8. The third kappa shape index (κ3) is 4.91. The Morgan fingerprint density at radius 2 is 1.95 bits per heavy atom. The van der Waals surface area contributed by atoms with E-state index in [1.54, 1.807) is 24.3 Å². The number of fused-ring (bicyclic) bond motifs is 3. The molecule has 38 heavy (non-hydrogen) atoms. The zero-order valence-electron chi connectivity index (χ0n) is 21.8. The van der Waals surface area contributed by atoms with E-state index < -0.39 is 19.0 Å². The normalized spacial score (nSPS) is 25.3. The lowest BCUT2D eigenvalue weighted by Gasteiger charge is -2.30. The number of ether oxygens (including phenoxy) is 1. The highest BCUT2D eigenvalue weighted by Crippen LogP contribution is 2.50. The molecule has 3 heterocycles. The molecular weight excluding hydrogens is 485 g/mol. The molecule has 0 bridgehead atoms. The molecule has 1 aliphatic carbocycles. The third-order valence-corrected chi connectivity index (χ3v) is 8.06. The van der Waals surface area contributed by atoms with Crippen LogP contribution < -0.4 is 10.4 Å². The van der Waals surface area contributed by atoms with Gasteiger partial charge in [0.05, 0.1) is 30.2 Å². The summed E-state index contributed by atoms with van der Waals surface area (Å²) in [5.41, 5.74) is 4.13. The van der Waals surface area contributed by atoms with E-state index in [9.17, 15) is 24.7 Å². The number of allylic oxidation sites excluding steroid dienone is 2. The molecule has 2 aromatic rings. The average molecular weight is 519 g/mol. The Labute approximate surface area is 222 Å². The second kappa shape index (κ2) is 11.0. The van der Waals surface area contributed by atoms with E-state index in [4.69, 9.17) is 9.15 Å². The first kappa shape index (κ1) is 26.6. The van der Waals surface area contributed by atoms with Gasteiger partial charge in [-0.1, -0.05) is 36.6 Å². The van der Waals surface area contributed by atoms with Gasteiger partial charge in [0.15, 0.2) is 0 Å². The van der Waals surface area contributed by atoms with Gasteiger partial charge in [-0.25, -0.2) is 0 Å². The predicted molar refractivity (Wildman–Crippen MR) is 143 cm³/mol. The molecule has 8 nitrogen and oxygen atoms in total. The molecule has 1 aromatic heterocycles. The van der Waals surface area contributed by atoms with E-state index in [2.05, 4.69) is 6.92 Å². The van der Waals surface area contributed by atoms with Crippen molar-refractivity contribution in [3.63, 3.8) is 0 Å². The van der Waals surface area contributed by atoms with Crippen LogP contribution in [-0.2, 0) is 20.9 Å². The highest BCUT2D eigenvalue weighted by atomic mass is 16.5. The number of hydrogen-bond donors (Lipinski definition) is 3. The molecule has 200 valence electrons. The van der Waals surface area contributed by atoms with Crippen molar-refractivity contribution < 1.29 is 33.9 Å². The summed E-state index contributed by atoms with van der Waals surface area (Å²) in [6.07, 6.45) is 5.99. The van der Waals surface area contributed by atoms with Crippen molar-refractivity contribution in [3.05, 3.63) is 64.6 Å². The minimum atomic E-state index is -1.68. The summed E-state index contributed by atoms with van der Waals surface area (Å²) in [5.74, 6) is -0.255. The molecule has 1 aromatic carbocycles. The van der Waals surface area contributed by atoms with E-state index in [0.717, 1.165) is 42.6 Å². The van der Waals surface area contributed by atoms with Crippen molar-refractivity contribution in [2.45, 2.75) is 58.7 Å². The Hall–Kier alpha value is -2.98. The second-order valence-electron chi connectivity index (χ2n) is 10.5. The maximum absolute atomic E-state index is 13.6. The van der Waals surface area contributed by atoms with Crippen molar-refractivity contribution in [1.82, 2.24) is 0 Å². The predicted octanol–water partition coefficient (Wildman–Crippen LogP) is 2.96. The van der Waals surface area contributed by atoms with Crippen LogP contribution in [0.3, 0.4) is 0 Å². The second-order valence-corrected chi connectivity index (χ2v) is 10.5. The number of furan rings is 1. The minimum absolute atomic E-state index is 0.101. The molecule has 9 heteroatoms. The van der Waals surface area contributed by atoms with Crippen molar-refractivity contribution in [1.29, 1.82) is 0 Å². The summed E-state index contributed by atoms with van der Waals surface area (Å²) >= 11 is 0. The highest BCUT2D eigenvalue weighted by Gasteiger charge is 2.56. The molecule has 2 saturated heterocycles. The van der Waals surface area contributed by atoms with Crippen LogP contribution in [0, 0.1) is 17.8 Å². The van der Waals surface area contributed by atoms with Crippen molar-refractivity contribution in [2.24, 2.45) is 17.8 Å².